The number of amides is 2. The van der Waals surface area contributed by atoms with Crippen molar-refractivity contribution in [1.82, 2.24) is 10.9 Å². The number of hydrogen-bond acceptors (Lipinski definition) is 5. The van der Waals surface area contributed by atoms with Crippen LogP contribution in [-0.2, 0) is 9.53 Å². The Morgan fingerprint density at radius 3 is 2.64 bits per heavy atom. The molecule has 2 aromatic carbocycles. The van der Waals surface area contributed by atoms with Gasteiger partial charge in [0.2, 0.25) is 0 Å². The highest BCUT2D eigenvalue weighted by molar-refractivity contribution is 9.10. The minimum Gasteiger partial charge on any atom is -0.491 e. The van der Waals surface area contributed by atoms with Gasteiger partial charge in [0.25, 0.3) is 11.8 Å². The number of carbonyl (C=O) groups excluding carboxylic acids is 2. The Kier molecular flexibility index (Phi) is 9.06. The summed E-state index contributed by atoms with van der Waals surface area (Å²) in [5.41, 5.74) is 4.97. The van der Waals surface area contributed by atoms with Crippen LogP contribution in [0.3, 0.4) is 0 Å². The maximum atomic E-state index is 12.2. The molecule has 28 heavy (non-hydrogen) atoms. The van der Waals surface area contributed by atoms with E-state index in [-0.39, 0.29) is 6.61 Å². The Labute approximate surface area is 176 Å². The largest absolute Gasteiger partial charge is 0.491 e. The van der Waals surface area contributed by atoms with E-state index in [0.29, 0.717) is 46.4 Å². The number of halogens is 2. The first-order chi connectivity index (χ1) is 13.5. The van der Waals surface area contributed by atoms with Crippen LogP contribution >= 0.6 is 27.5 Å². The fourth-order valence-electron chi connectivity index (χ4n) is 2.06. The predicted octanol–water partition coefficient (Wildman–Crippen LogP) is 3.36. The van der Waals surface area contributed by atoms with Crippen molar-refractivity contribution in [2.45, 2.75) is 6.92 Å². The van der Waals surface area contributed by atoms with Gasteiger partial charge in [-0.3, -0.25) is 20.4 Å². The number of rotatable bonds is 9. The SMILES string of the molecule is CCOCCOc1cccc(C(=O)NNC(=O)COc2ccc(Cl)cc2Br)c1. The number of nitrogens with one attached hydrogen (secondary N) is 2. The maximum absolute atomic E-state index is 12.2. The predicted molar refractivity (Wildman–Crippen MR) is 109 cm³/mol. The van der Waals surface area contributed by atoms with Crippen molar-refractivity contribution in [3.63, 3.8) is 0 Å². The molecule has 2 amide bonds. The van der Waals surface area contributed by atoms with Crippen molar-refractivity contribution < 1.29 is 23.8 Å². The third-order valence-corrected chi connectivity index (χ3v) is 4.22. The molecule has 0 bridgehead atoms. The van der Waals surface area contributed by atoms with Gasteiger partial charge in [-0.25, -0.2) is 0 Å². The summed E-state index contributed by atoms with van der Waals surface area (Å²) in [7, 11) is 0. The van der Waals surface area contributed by atoms with Crippen LogP contribution in [0.4, 0.5) is 0 Å². The van der Waals surface area contributed by atoms with Gasteiger partial charge in [0.05, 0.1) is 11.1 Å². The molecule has 0 unspecified atom stereocenters. The Morgan fingerprint density at radius 2 is 1.89 bits per heavy atom. The first-order valence-electron chi connectivity index (χ1n) is 8.47. The van der Waals surface area contributed by atoms with Crippen LogP contribution in [0, 0.1) is 0 Å². The topological polar surface area (TPSA) is 85.9 Å². The Hall–Kier alpha value is -2.29. The standard InChI is InChI=1S/C19H20BrClN2O5/c1-2-26-8-9-27-15-5-3-4-13(10-15)19(25)23-22-18(24)12-28-17-7-6-14(21)11-16(17)20/h3-7,10-11H,2,8-9,12H2,1H3,(H,22,24)(H,23,25). The van der Waals surface area contributed by atoms with Crippen LogP contribution in [0.1, 0.15) is 17.3 Å². The second kappa shape index (κ2) is 11.5. The molecule has 2 N–H and O–H groups in total. The molecule has 0 atom stereocenters. The van der Waals surface area contributed by atoms with E-state index in [1.165, 1.54) is 0 Å². The van der Waals surface area contributed by atoms with Crippen LogP contribution in [0.25, 0.3) is 0 Å². The first kappa shape index (κ1) is 22.0. The summed E-state index contributed by atoms with van der Waals surface area (Å²) in [6, 6.07) is 11.5. The highest BCUT2D eigenvalue weighted by Crippen LogP contribution is 2.27. The second-order valence-corrected chi connectivity index (χ2v) is 6.73. The zero-order chi connectivity index (χ0) is 20.4. The third-order valence-electron chi connectivity index (χ3n) is 3.36. The average Bonchev–Trinajstić information content (AvgIpc) is 2.69. The fraction of sp³-hybridized carbons (Fsp3) is 0.263. The molecule has 2 aromatic rings. The smallest absolute Gasteiger partial charge is 0.276 e. The first-order valence-corrected chi connectivity index (χ1v) is 9.64. The summed E-state index contributed by atoms with van der Waals surface area (Å²) in [5, 5.41) is 0.542. The number of hydrogen-bond donors (Lipinski definition) is 2. The second-order valence-electron chi connectivity index (χ2n) is 5.44. The van der Waals surface area contributed by atoms with Crippen molar-refractivity contribution in [2.24, 2.45) is 0 Å². The lowest BCUT2D eigenvalue weighted by molar-refractivity contribution is -0.123. The molecule has 0 spiro atoms. The van der Waals surface area contributed by atoms with Gasteiger partial charge < -0.3 is 14.2 Å². The van der Waals surface area contributed by atoms with E-state index < -0.39 is 11.8 Å². The minimum atomic E-state index is -0.515. The highest BCUT2D eigenvalue weighted by Gasteiger charge is 2.10. The summed E-state index contributed by atoms with van der Waals surface area (Å²) >= 11 is 9.14. The monoisotopic (exact) mass is 470 g/mol. The van der Waals surface area contributed by atoms with Gasteiger partial charge in [-0.1, -0.05) is 17.7 Å². The summed E-state index contributed by atoms with van der Waals surface area (Å²) in [6.45, 7) is 3.09. The van der Waals surface area contributed by atoms with Crippen LogP contribution in [0.5, 0.6) is 11.5 Å². The molecule has 0 aliphatic carbocycles. The molecule has 7 nitrogen and oxygen atoms in total. The molecule has 9 heteroatoms. The van der Waals surface area contributed by atoms with E-state index in [2.05, 4.69) is 26.8 Å². The molecule has 0 aliphatic heterocycles. The van der Waals surface area contributed by atoms with Crippen molar-refractivity contribution in [3.05, 3.63) is 57.5 Å². The molecular formula is C19H20BrClN2O5. The van der Waals surface area contributed by atoms with Gasteiger partial charge in [-0.05, 0) is 59.3 Å². The summed E-state index contributed by atoms with van der Waals surface area (Å²) in [6.07, 6.45) is 0. The van der Waals surface area contributed by atoms with Crippen LogP contribution in [-0.4, -0.2) is 38.2 Å². The lowest BCUT2D eigenvalue weighted by Crippen LogP contribution is -2.43. The van der Waals surface area contributed by atoms with E-state index in [0.717, 1.165) is 0 Å². The molecule has 0 aliphatic rings. The van der Waals surface area contributed by atoms with Gasteiger partial charge in [0.15, 0.2) is 6.61 Å². The van der Waals surface area contributed by atoms with Gasteiger partial charge >= 0.3 is 0 Å². The molecule has 2 rings (SSSR count). The van der Waals surface area contributed by atoms with Crippen molar-refractivity contribution in [2.75, 3.05) is 26.4 Å². The number of benzene rings is 2. The Bertz CT molecular complexity index is 819. The molecule has 0 heterocycles. The normalized spacial score (nSPS) is 10.2. The van der Waals surface area contributed by atoms with E-state index in [4.69, 9.17) is 25.8 Å². The van der Waals surface area contributed by atoms with Crippen LogP contribution in [0.15, 0.2) is 46.9 Å². The zero-order valence-corrected chi connectivity index (χ0v) is 17.5. The zero-order valence-electron chi connectivity index (χ0n) is 15.2. The lowest BCUT2D eigenvalue weighted by Gasteiger charge is -2.11. The fourth-order valence-corrected chi connectivity index (χ4v) is 2.86. The van der Waals surface area contributed by atoms with Gasteiger partial charge in [-0.15, -0.1) is 0 Å². The highest BCUT2D eigenvalue weighted by atomic mass is 79.9. The number of ether oxygens (including phenoxy) is 3. The summed E-state index contributed by atoms with van der Waals surface area (Å²) in [4.78, 5) is 24.0. The van der Waals surface area contributed by atoms with Gasteiger partial charge in [-0.2, -0.15) is 0 Å². The Balaban J connectivity index is 1.78. The van der Waals surface area contributed by atoms with Crippen molar-refractivity contribution >= 4 is 39.3 Å². The van der Waals surface area contributed by atoms with Crippen LogP contribution < -0.4 is 20.3 Å². The quantitative estimate of drug-likeness (QED) is 0.433. The molecule has 150 valence electrons. The molecule has 0 saturated carbocycles. The minimum absolute atomic E-state index is 0.277. The van der Waals surface area contributed by atoms with Crippen LogP contribution in [0.2, 0.25) is 5.02 Å². The van der Waals surface area contributed by atoms with E-state index in [1.54, 1.807) is 42.5 Å². The van der Waals surface area contributed by atoms with Gasteiger partial charge in [0.1, 0.15) is 18.1 Å². The number of hydrazine groups is 1. The summed E-state index contributed by atoms with van der Waals surface area (Å²) < 4.78 is 16.7. The third kappa shape index (κ3) is 7.38. The molecule has 0 radical (unpaired) electrons. The molecular weight excluding hydrogens is 452 g/mol. The molecule has 0 aromatic heterocycles. The number of carbonyl (C=O) groups is 2. The van der Waals surface area contributed by atoms with E-state index in [9.17, 15) is 9.59 Å². The maximum Gasteiger partial charge on any atom is 0.276 e. The van der Waals surface area contributed by atoms with Gasteiger partial charge in [0, 0.05) is 17.2 Å². The Morgan fingerprint density at radius 1 is 1.07 bits per heavy atom. The lowest BCUT2D eigenvalue weighted by atomic mass is 10.2. The summed E-state index contributed by atoms with van der Waals surface area (Å²) in [5.74, 6) is 0.00739. The average molecular weight is 472 g/mol. The van der Waals surface area contributed by atoms with E-state index in [1.807, 2.05) is 6.92 Å². The molecule has 0 saturated heterocycles. The van der Waals surface area contributed by atoms with E-state index >= 15 is 0 Å². The van der Waals surface area contributed by atoms with Crippen molar-refractivity contribution in [1.29, 1.82) is 0 Å². The molecule has 0 fully saturated rings. The van der Waals surface area contributed by atoms with Crippen molar-refractivity contribution in [3.8, 4) is 11.5 Å².